The summed E-state index contributed by atoms with van der Waals surface area (Å²) in [5.74, 6) is -0.196. The second kappa shape index (κ2) is 5.26. The molecular weight excluding hydrogens is 203 g/mol. The highest BCUT2D eigenvalue weighted by Gasteiger charge is 2.09. The number of benzene rings is 1. The molecule has 1 aliphatic rings. The van der Waals surface area contributed by atoms with Crippen molar-refractivity contribution in [2.45, 2.75) is 38.2 Å². The van der Waals surface area contributed by atoms with Crippen LogP contribution in [0.3, 0.4) is 0 Å². The molecule has 0 bridgehead atoms. The van der Waals surface area contributed by atoms with Gasteiger partial charge in [0.05, 0.1) is 6.10 Å². The zero-order valence-electron chi connectivity index (χ0n) is 9.32. The van der Waals surface area contributed by atoms with Crippen molar-refractivity contribution in [1.82, 2.24) is 0 Å². The predicted octanol–water partition coefficient (Wildman–Crippen LogP) is 3.23. The zero-order valence-corrected chi connectivity index (χ0v) is 9.32. The molecule has 0 amide bonds. The van der Waals surface area contributed by atoms with Gasteiger partial charge in [0.2, 0.25) is 0 Å². The van der Waals surface area contributed by atoms with Gasteiger partial charge in [0, 0.05) is 0 Å². The van der Waals surface area contributed by atoms with Crippen LogP contribution in [-0.2, 0) is 6.42 Å². The van der Waals surface area contributed by atoms with Gasteiger partial charge in [0.15, 0.2) is 0 Å². The van der Waals surface area contributed by atoms with Gasteiger partial charge in [-0.15, -0.1) is 0 Å². The smallest absolute Gasteiger partial charge is 0.123 e. The molecule has 16 heavy (non-hydrogen) atoms. The Bertz CT molecular complexity index is 367. The van der Waals surface area contributed by atoms with Gasteiger partial charge in [0.25, 0.3) is 0 Å². The molecule has 0 aromatic heterocycles. The Morgan fingerprint density at radius 2 is 1.94 bits per heavy atom. The Morgan fingerprint density at radius 1 is 1.19 bits per heavy atom. The standard InChI is InChI=1S/C14H17FO/c15-13-7-5-11(6-8-13)9-12-3-1-2-4-14(16)10-12/h5-8,10,14,16H,1-4,9H2. The number of hydrogen-bond acceptors (Lipinski definition) is 1. The summed E-state index contributed by atoms with van der Waals surface area (Å²) in [6.45, 7) is 0. The Morgan fingerprint density at radius 3 is 2.69 bits per heavy atom. The van der Waals surface area contributed by atoms with E-state index in [9.17, 15) is 9.50 Å². The van der Waals surface area contributed by atoms with E-state index in [1.807, 2.05) is 18.2 Å². The molecule has 0 fully saturated rings. The first-order valence-electron chi connectivity index (χ1n) is 5.86. The molecule has 1 aromatic carbocycles. The van der Waals surface area contributed by atoms with E-state index in [2.05, 4.69) is 0 Å². The van der Waals surface area contributed by atoms with Crippen molar-refractivity contribution in [2.75, 3.05) is 0 Å². The summed E-state index contributed by atoms with van der Waals surface area (Å²) >= 11 is 0. The van der Waals surface area contributed by atoms with Gasteiger partial charge in [-0.2, -0.15) is 0 Å². The van der Waals surface area contributed by atoms with Crippen LogP contribution >= 0.6 is 0 Å². The Kier molecular flexibility index (Phi) is 3.73. The first kappa shape index (κ1) is 11.3. The van der Waals surface area contributed by atoms with Gasteiger partial charge >= 0.3 is 0 Å². The van der Waals surface area contributed by atoms with Gasteiger partial charge in [-0.3, -0.25) is 0 Å². The molecule has 2 heteroatoms. The molecule has 0 spiro atoms. The highest BCUT2D eigenvalue weighted by atomic mass is 19.1. The summed E-state index contributed by atoms with van der Waals surface area (Å²) < 4.78 is 12.7. The minimum absolute atomic E-state index is 0.196. The lowest BCUT2D eigenvalue weighted by Gasteiger charge is -2.06. The summed E-state index contributed by atoms with van der Waals surface area (Å²) in [5, 5.41) is 9.65. The molecule has 0 heterocycles. The Balaban J connectivity index is 2.05. The quantitative estimate of drug-likeness (QED) is 0.759. The lowest BCUT2D eigenvalue weighted by molar-refractivity contribution is 0.211. The number of hydrogen-bond donors (Lipinski definition) is 1. The topological polar surface area (TPSA) is 20.2 Å². The summed E-state index contributed by atoms with van der Waals surface area (Å²) in [7, 11) is 0. The molecule has 0 saturated heterocycles. The molecule has 1 N–H and O–H groups in total. The van der Waals surface area contributed by atoms with E-state index in [4.69, 9.17) is 0 Å². The van der Waals surface area contributed by atoms with Crippen molar-refractivity contribution in [3.8, 4) is 0 Å². The lowest BCUT2D eigenvalue weighted by atomic mass is 10.0. The number of rotatable bonds is 2. The number of halogens is 1. The van der Waals surface area contributed by atoms with Crippen LogP contribution in [0.1, 0.15) is 31.2 Å². The third kappa shape index (κ3) is 3.17. The van der Waals surface area contributed by atoms with E-state index in [0.29, 0.717) is 0 Å². The molecule has 1 aromatic rings. The van der Waals surface area contributed by atoms with Gasteiger partial charge in [-0.25, -0.2) is 4.39 Å². The fraction of sp³-hybridized carbons (Fsp3) is 0.429. The molecule has 0 aliphatic heterocycles. The average molecular weight is 220 g/mol. The van der Waals surface area contributed by atoms with E-state index in [1.165, 1.54) is 17.7 Å². The molecule has 0 radical (unpaired) electrons. The number of aliphatic hydroxyl groups excluding tert-OH is 1. The fourth-order valence-electron chi connectivity index (χ4n) is 2.16. The van der Waals surface area contributed by atoms with Gasteiger partial charge in [-0.05, 0) is 43.4 Å². The second-order valence-corrected chi connectivity index (χ2v) is 4.44. The molecule has 1 atom stereocenters. The predicted molar refractivity (Wildman–Crippen MR) is 62.7 cm³/mol. The highest BCUT2D eigenvalue weighted by molar-refractivity contribution is 5.23. The van der Waals surface area contributed by atoms with Gasteiger partial charge in [0.1, 0.15) is 5.82 Å². The zero-order chi connectivity index (χ0) is 11.4. The van der Waals surface area contributed by atoms with E-state index in [-0.39, 0.29) is 11.9 Å². The third-order valence-electron chi connectivity index (χ3n) is 3.02. The molecule has 86 valence electrons. The largest absolute Gasteiger partial charge is 0.389 e. The SMILES string of the molecule is OC1C=C(Cc2ccc(F)cc2)CCCC1. The average Bonchev–Trinajstić information content (AvgIpc) is 2.46. The van der Waals surface area contributed by atoms with Crippen LogP contribution in [0, 0.1) is 5.82 Å². The van der Waals surface area contributed by atoms with Crippen LogP contribution < -0.4 is 0 Å². The summed E-state index contributed by atoms with van der Waals surface area (Å²) in [5.41, 5.74) is 2.39. The molecular formula is C14H17FO. The molecule has 2 rings (SSSR count). The number of allylic oxidation sites excluding steroid dienone is 1. The van der Waals surface area contributed by atoms with Crippen LogP contribution in [-0.4, -0.2) is 11.2 Å². The summed E-state index contributed by atoms with van der Waals surface area (Å²) in [4.78, 5) is 0. The van der Waals surface area contributed by atoms with Crippen molar-refractivity contribution in [3.63, 3.8) is 0 Å². The Labute approximate surface area is 95.6 Å². The van der Waals surface area contributed by atoms with Crippen LogP contribution in [0.2, 0.25) is 0 Å². The second-order valence-electron chi connectivity index (χ2n) is 4.44. The fourth-order valence-corrected chi connectivity index (χ4v) is 2.16. The van der Waals surface area contributed by atoms with Crippen molar-refractivity contribution in [1.29, 1.82) is 0 Å². The normalized spacial score (nSPS) is 21.4. The summed E-state index contributed by atoms with van der Waals surface area (Å²) in [6, 6.07) is 6.60. The number of aliphatic hydroxyl groups is 1. The summed E-state index contributed by atoms with van der Waals surface area (Å²) in [6.07, 6.45) is 6.65. The van der Waals surface area contributed by atoms with Crippen LogP contribution in [0.25, 0.3) is 0 Å². The van der Waals surface area contributed by atoms with E-state index >= 15 is 0 Å². The molecule has 0 saturated carbocycles. The van der Waals surface area contributed by atoms with E-state index in [0.717, 1.165) is 37.7 Å². The Hall–Kier alpha value is -1.15. The maximum absolute atomic E-state index is 12.7. The molecule has 1 nitrogen and oxygen atoms in total. The van der Waals surface area contributed by atoms with Crippen molar-refractivity contribution in [3.05, 3.63) is 47.3 Å². The maximum Gasteiger partial charge on any atom is 0.123 e. The van der Waals surface area contributed by atoms with Crippen molar-refractivity contribution >= 4 is 0 Å². The van der Waals surface area contributed by atoms with E-state index < -0.39 is 0 Å². The van der Waals surface area contributed by atoms with Crippen molar-refractivity contribution < 1.29 is 9.50 Å². The first-order valence-corrected chi connectivity index (χ1v) is 5.86. The lowest BCUT2D eigenvalue weighted by Crippen LogP contribution is -2.01. The van der Waals surface area contributed by atoms with Crippen LogP contribution in [0.15, 0.2) is 35.9 Å². The molecule has 1 aliphatic carbocycles. The van der Waals surface area contributed by atoms with E-state index in [1.54, 1.807) is 0 Å². The molecule has 1 unspecified atom stereocenters. The maximum atomic E-state index is 12.7. The van der Waals surface area contributed by atoms with Gasteiger partial charge in [-0.1, -0.05) is 30.2 Å². The van der Waals surface area contributed by atoms with Crippen LogP contribution in [0.5, 0.6) is 0 Å². The van der Waals surface area contributed by atoms with Crippen LogP contribution in [0.4, 0.5) is 4.39 Å². The third-order valence-corrected chi connectivity index (χ3v) is 3.02. The monoisotopic (exact) mass is 220 g/mol. The van der Waals surface area contributed by atoms with Crippen molar-refractivity contribution in [2.24, 2.45) is 0 Å². The van der Waals surface area contributed by atoms with Gasteiger partial charge < -0.3 is 5.11 Å². The first-order chi connectivity index (χ1) is 7.74. The highest BCUT2D eigenvalue weighted by Crippen LogP contribution is 2.21. The minimum atomic E-state index is -0.294. The minimum Gasteiger partial charge on any atom is -0.389 e.